The monoisotopic (exact) mass is 885 g/mol. The van der Waals surface area contributed by atoms with E-state index in [1.807, 2.05) is 78.2 Å². The minimum Gasteiger partial charge on any atom is -0.309 e. The van der Waals surface area contributed by atoms with Crippen LogP contribution in [0.5, 0.6) is 0 Å². The normalized spacial score (nSPS) is 11.5. The van der Waals surface area contributed by atoms with Crippen molar-refractivity contribution in [3.8, 4) is 84.5 Å². The predicted molar refractivity (Wildman–Crippen MR) is 283 cm³/mol. The molecule has 13 rings (SSSR count). The topological polar surface area (TPSA) is 56.5 Å². The van der Waals surface area contributed by atoms with E-state index in [2.05, 4.69) is 174 Å². The Hall–Kier alpha value is -8.84. The summed E-state index contributed by atoms with van der Waals surface area (Å²) in [7, 11) is 0. The smallest absolute Gasteiger partial charge is 0.166 e. The molecule has 0 amide bonds. The second-order valence-corrected chi connectivity index (χ2v) is 18.1. The molecule has 0 N–H and O–H groups in total. The van der Waals surface area contributed by atoms with Crippen LogP contribution in [0.1, 0.15) is 0 Å². The molecule has 13 aromatic rings. The standard InChI is InChI=1S/C62H39N5S/c1-6-18-40(19-7-1)45-34-46(41-20-8-2-9-21-41)36-47(35-45)48-38-53(62-65-60(42-22-10-3-11-23-42)64-61(66-62)43-24-12-4-13-25-43)58(63-39-48)44-30-33-56-52(37-44)50-31-32-55-57(59(50)68-56)51-28-16-17-29-54(51)67(55)49-26-14-5-15-27-49/h1-39H. The summed E-state index contributed by atoms with van der Waals surface area (Å²) in [6.07, 6.45) is 2.01. The molecular weight excluding hydrogens is 847 g/mol. The van der Waals surface area contributed by atoms with Gasteiger partial charge in [0.1, 0.15) is 0 Å². The number of aromatic nitrogens is 5. The van der Waals surface area contributed by atoms with Crippen LogP contribution >= 0.6 is 11.3 Å². The summed E-state index contributed by atoms with van der Waals surface area (Å²) in [6.45, 7) is 0. The second kappa shape index (κ2) is 16.5. The Bertz CT molecular complexity index is 3880. The highest BCUT2D eigenvalue weighted by Gasteiger charge is 2.22. The zero-order valence-electron chi connectivity index (χ0n) is 36.7. The quantitative estimate of drug-likeness (QED) is 0.153. The molecule has 0 aliphatic carbocycles. The molecule has 0 saturated heterocycles. The highest BCUT2D eigenvalue weighted by atomic mass is 32.1. The van der Waals surface area contributed by atoms with Crippen molar-refractivity contribution in [2.75, 3.05) is 0 Å². The van der Waals surface area contributed by atoms with Crippen molar-refractivity contribution in [1.82, 2.24) is 24.5 Å². The van der Waals surface area contributed by atoms with E-state index in [9.17, 15) is 0 Å². The first-order valence-corrected chi connectivity index (χ1v) is 23.6. The summed E-state index contributed by atoms with van der Waals surface area (Å²) in [4.78, 5) is 21.0. The minimum absolute atomic E-state index is 0.551. The van der Waals surface area contributed by atoms with E-state index in [1.54, 1.807) is 0 Å². The maximum Gasteiger partial charge on any atom is 0.166 e. The van der Waals surface area contributed by atoms with Crippen LogP contribution in [0, 0.1) is 0 Å². The van der Waals surface area contributed by atoms with Gasteiger partial charge in [0.05, 0.1) is 16.7 Å². The van der Waals surface area contributed by atoms with Gasteiger partial charge in [-0.25, -0.2) is 15.0 Å². The van der Waals surface area contributed by atoms with Crippen LogP contribution in [0.4, 0.5) is 0 Å². The maximum atomic E-state index is 5.41. The van der Waals surface area contributed by atoms with Crippen molar-refractivity contribution in [2.45, 2.75) is 0 Å². The molecule has 4 heterocycles. The van der Waals surface area contributed by atoms with Crippen LogP contribution in [-0.4, -0.2) is 24.5 Å². The number of pyridine rings is 1. The molecule has 0 unspecified atom stereocenters. The predicted octanol–water partition coefficient (Wildman–Crippen LogP) is 16.4. The lowest BCUT2D eigenvalue weighted by atomic mass is 9.92. The van der Waals surface area contributed by atoms with Crippen molar-refractivity contribution < 1.29 is 0 Å². The van der Waals surface area contributed by atoms with E-state index in [-0.39, 0.29) is 0 Å². The van der Waals surface area contributed by atoms with Gasteiger partial charge in [0.2, 0.25) is 0 Å². The first-order chi connectivity index (χ1) is 33.7. The molecule has 0 atom stereocenters. The zero-order chi connectivity index (χ0) is 45.0. The van der Waals surface area contributed by atoms with E-state index in [0.29, 0.717) is 17.5 Å². The highest BCUT2D eigenvalue weighted by molar-refractivity contribution is 7.26. The molecule has 0 aliphatic heterocycles. The van der Waals surface area contributed by atoms with Crippen molar-refractivity contribution in [3.63, 3.8) is 0 Å². The second-order valence-electron chi connectivity index (χ2n) is 17.0. The van der Waals surface area contributed by atoms with Crippen molar-refractivity contribution in [1.29, 1.82) is 0 Å². The summed E-state index contributed by atoms with van der Waals surface area (Å²) < 4.78 is 4.88. The third-order valence-electron chi connectivity index (χ3n) is 12.9. The Morgan fingerprint density at radius 2 is 0.868 bits per heavy atom. The molecule has 9 aromatic carbocycles. The Morgan fingerprint density at radius 3 is 1.49 bits per heavy atom. The number of thiophene rings is 1. The first kappa shape index (κ1) is 39.5. The molecular formula is C62H39N5S. The zero-order valence-corrected chi connectivity index (χ0v) is 37.5. The average molecular weight is 886 g/mol. The van der Waals surface area contributed by atoms with Crippen LogP contribution in [0.2, 0.25) is 0 Å². The van der Waals surface area contributed by atoms with Gasteiger partial charge in [0.25, 0.3) is 0 Å². The molecule has 0 fully saturated rings. The Balaban J connectivity index is 1.04. The Labute approximate surface area is 397 Å². The first-order valence-electron chi connectivity index (χ1n) is 22.8. The molecule has 5 nitrogen and oxygen atoms in total. The van der Waals surface area contributed by atoms with Crippen molar-refractivity contribution >= 4 is 53.3 Å². The van der Waals surface area contributed by atoms with Gasteiger partial charge in [-0.15, -0.1) is 11.3 Å². The largest absolute Gasteiger partial charge is 0.309 e. The van der Waals surface area contributed by atoms with Crippen LogP contribution in [0.15, 0.2) is 237 Å². The maximum absolute atomic E-state index is 5.41. The van der Waals surface area contributed by atoms with E-state index >= 15 is 0 Å². The summed E-state index contributed by atoms with van der Waals surface area (Å²) in [5, 5.41) is 4.92. The summed E-state index contributed by atoms with van der Waals surface area (Å²) >= 11 is 1.85. The van der Waals surface area contributed by atoms with Gasteiger partial charge in [-0.3, -0.25) is 4.98 Å². The highest BCUT2D eigenvalue weighted by Crippen LogP contribution is 2.45. The van der Waals surface area contributed by atoms with Crippen molar-refractivity contribution in [2.24, 2.45) is 0 Å². The average Bonchev–Trinajstić information content (AvgIpc) is 3.97. The van der Waals surface area contributed by atoms with Crippen LogP contribution < -0.4 is 0 Å². The van der Waals surface area contributed by atoms with Gasteiger partial charge < -0.3 is 4.57 Å². The molecule has 68 heavy (non-hydrogen) atoms. The molecule has 0 aliphatic rings. The molecule has 0 bridgehead atoms. The fourth-order valence-corrected chi connectivity index (χ4v) is 10.9. The van der Waals surface area contributed by atoms with E-state index in [0.717, 1.165) is 67.0 Å². The summed E-state index contributed by atoms with van der Waals surface area (Å²) in [5.74, 6) is 1.75. The van der Waals surface area contributed by atoms with Gasteiger partial charge >= 0.3 is 0 Å². The third-order valence-corrected chi connectivity index (χ3v) is 14.1. The van der Waals surface area contributed by atoms with E-state index in [1.165, 1.54) is 42.0 Å². The van der Waals surface area contributed by atoms with Gasteiger partial charge in [0.15, 0.2) is 17.5 Å². The Kier molecular flexibility index (Phi) is 9.62. The van der Waals surface area contributed by atoms with Crippen LogP contribution in [-0.2, 0) is 0 Å². The number of hydrogen-bond donors (Lipinski definition) is 0. The van der Waals surface area contributed by atoms with Gasteiger partial charge in [-0.05, 0) is 88.5 Å². The molecule has 4 aromatic heterocycles. The lowest BCUT2D eigenvalue weighted by Crippen LogP contribution is -2.02. The number of benzene rings is 9. The Morgan fingerprint density at radius 1 is 0.338 bits per heavy atom. The number of fused-ring (bicyclic) bond motifs is 7. The summed E-state index contributed by atoms with van der Waals surface area (Å²) in [6, 6.07) is 81.2. The number of hydrogen-bond acceptors (Lipinski definition) is 5. The SMILES string of the molecule is c1ccc(-c2cc(-c3ccccc3)cc(-c3cnc(-c4ccc5sc6c(ccc7c6c6ccccc6n7-c6ccccc6)c5c4)c(-c4nc(-c5ccccc5)nc(-c5ccccc5)n4)c3)c2)cc1. The minimum atomic E-state index is 0.551. The number of para-hydroxylation sites is 2. The fraction of sp³-hybridized carbons (Fsp3) is 0. The van der Waals surface area contributed by atoms with Gasteiger partial charge in [-0.2, -0.15) is 0 Å². The van der Waals surface area contributed by atoms with E-state index in [4.69, 9.17) is 19.9 Å². The fourth-order valence-electron chi connectivity index (χ4n) is 9.63. The number of rotatable bonds is 8. The van der Waals surface area contributed by atoms with Gasteiger partial charge in [-0.1, -0.05) is 170 Å². The molecule has 0 saturated carbocycles. The van der Waals surface area contributed by atoms with Gasteiger partial charge in [0, 0.05) is 70.6 Å². The molecule has 318 valence electrons. The lowest BCUT2D eigenvalue weighted by molar-refractivity contribution is 1.07. The number of nitrogens with zero attached hydrogens (tertiary/aromatic N) is 5. The lowest BCUT2D eigenvalue weighted by Gasteiger charge is -2.15. The van der Waals surface area contributed by atoms with Crippen LogP contribution in [0.25, 0.3) is 126 Å². The van der Waals surface area contributed by atoms with Crippen LogP contribution in [0.3, 0.4) is 0 Å². The molecule has 0 spiro atoms. The van der Waals surface area contributed by atoms with Crippen molar-refractivity contribution in [3.05, 3.63) is 237 Å². The van der Waals surface area contributed by atoms with E-state index < -0.39 is 0 Å². The summed E-state index contributed by atoms with van der Waals surface area (Å²) in [5.41, 5.74) is 14.5. The molecule has 6 heteroatoms. The molecule has 0 radical (unpaired) electrons. The third kappa shape index (κ3) is 6.94.